The molecule has 0 spiro atoms. The second-order valence-corrected chi connectivity index (χ2v) is 7.15. The Hall–Kier alpha value is -2.06. The Balaban J connectivity index is 2.12. The SMILES string of the molecule is Cc1cc2nc(C=CC(C)C)n(Cc3ccc(Cl)cc3)c2cc1C. The lowest BCUT2D eigenvalue weighted by molar-refractivity contribution is 0.805. The molecule has 0 bridgehead atoms. The Labute approximate surface area is 148 Å². The fraction of sp³-hybridized carbons (Fsp3) is 0.286. The third-order valence-corrected chi connectivity index (χ3v) is 4.53. The van der Waals surface area contributed by atoms with Crippen molar-refractivity contribution >= 4 is 28.7 Å². The van der Waals surface area contributed by atoms with Crippen LogP contribution in [0.4, 0.5) is 0 Å². The van der Waals surface area contributed by atoms with Crippen LogP contribution in [0.1, 0.15) is 36.4 Å². The molecule has 0 radical (unpaired) electrons. The van der Waals surface area contributed by atoms with Gasteiger partial charge in [-0.05, 0) is 66.8 Å². The molecule has 24 heavy (non-hydrogen) atoms. The first-order valence-electron chi connectivity index (χ1n) is 8.34. The number of benzene rings is 2. The summed E-state index contributed by atoms with van der Waals surface area (Å²) in [7, 11) is 0. The number of rotatable bonds is 4. The van der Waals surface area contributed by atoms with E-state index < -0.39 is 0 Å². The maximum Gasteiger partial charge on any atom is 0.133 e. The van der Waals surface area contributed by atoms with E-state index in [0.29, 0.717) is 5.92 Å². The van der Waals surface area contributed by atoms with E-state index in [1.165, 1.54) is 22.2 Å². The second kappa shape index (κ2) is 6.82. The largest absolute Gasteiger partial charge is 0.320 e. The van der Waals surface area contributed by atoms with Crippen LogP contribution in [0.25, 0.3) is 17.1 Å². The van der Waals surface area contributed by atoms with Gasteiger partial charge in [0.1, 0.15) is 5.82 Å². The molecule has 2 aromatic carbocycles. The van der Waals surface area contributed by atoms with E-state index in [2.05, 4.69) is 68.7 Å². The smallest absolute Gasteiger partial charge is 0.133 e. The first kappa shape index (κ1) is 16.8. The van der Waals surface area contributed by atoms with Gasteiger partial charge in [-0.3, -0.25) is 0 Å². The zero-order valence-corrected chi connectivity index (χ0v) is 15.4. The van der Waals surface area contributed by atoms with Crippen molar-refractivity contribution in [2.24, 2.45) is 5.92 Å². The Morgan fingerprint density at radius 3 is 2.42 bits per heavy atom. The van der Waals surface area contributed by atoms with Crippen LogP contribution in [0.5, 0.6) is 0 Å². The van der Waals surface area contributed by atoms with E-state index in [-0.39, 0.29) is 0 Å². The number of aromatic nitrogens is 2. The Morgan fingerprint density at radius 1 is 1.08 bits per heavy atom. The molecule has 0 aliphatic carbocycles. The van der Waals surface area contributed by atoms with Crippen molar-refractivity contribution in [1.29, 1.82) is 0 Å². The van der Waals surface area contributed by atoms with Crippen LogP contribution in [0.15, 0.2) is 42.5 Å². The van der Waals surface area contributed by atoms with E-state index in [4.69, 9.17) is 16.6 Å². The zero-order chi connectivity index (χ0) is 17.3. The highest BCUT2D eigenvalue weighted by Gasteiger charge is 2.11. The number of aryl methyl sites for hydroxylation is 2. The first-order valence-corrected chi connectivity index (χ1v) is 8.72. The van der Waals surface area contributed by atoms with Gasteiger partial charge in [-0.15, -0.1) is 0 Å². The van der Waals surface area contributed by atoms with E-state index in [1.807, 2.05) is 12.1 Å². The van der Waals surface area contributed by atoms with Gasteiger partial charge in [-0.25, -0.2) is 4.98 Å². The summed E-state index contributed by atoms with van der Waals surface area (Å²) < 4.78 is 2.28. The number of hydrogen-bond donors (Lipinski definition) is 0. The molecule has 0 fully saturated rings. The highest BCUT2D eigenvalue weighted by Crippen LogP contribution is 2.23. The molecule has 0 aliphatic heterocycles. The van der Waals surface area contributed by atoms with Crippen molar-refractivity contribution < 1.29 is 0 Å². The topological polar surface area (TPSA) is 17.8 Å². The van der Waals surface area contributed by atoms with Gasteiger partial charge < -0.3 is 4.57 Å². The Bertz CT molecular complexity index is 886. The van der Waals surface area contributed by atoms with Gasteiger partial charge in [0.2, 0.25) is 0 Å². The lowest BCUT2D eigenvalue weighted by atomic mass is 10.1. The second-order valence-electron chi connectivity index (χ2n) is 6.71. The van der Waals surface area contributed by atoms with Gasteiger partial charge in [0.05, 0.1) is 11.0 Å². The minimum absolute atomic E-state index is 0.497. The molecule has 0 unspecified atom stereocenters. The van der Waals surface area contributed by atoms with Crippen molar-refractivity contribution in [2.45, 2.75) is 34.2 Å². The third-order valence-electron chi connectivity index (χ3n) is 4.28. The fourth-order valence-corrected chi connectivity index (χ4v) is 2.87. The first-order chi connectivity index (χ1) is 11.4. The van der Waals surface area contributed by atoms with Crippen LogP contribution >= 0.6 is 11.6 Å². The average molecular weight is 339 g/mol. The molecule has 3 aromatic rings. The molecule has 0 atom stereocenters. The molecule has 2 nitrogen and oxygen atoms in total. The van der Waals surface area contributed by atoms with Crippen LogP contribution in [0.2, 0.25) is 5.02 Å². The van der Waals surface area contributed by atoms with Crippen LogP contribution in [0, 0.1) is 19.8 Å². The fourth-order valence-electron chi connectivity index (χ4n) is 2.74. The Kier molecular flexibility index (Phi) is 4.77. The summed E-state index contributed by atoms with van der Waals surface area (Å²) in [6.07, 6.45) is 4.32. The summed E-state index contributed by atoms with van der Waals surface area (Å²) in [4.78, 5) is 4.85. The number of imidazole rings is 1. The summed E-state index contributed by atoms with van der Waals surface area (Å²) in [5.74, 6) is 1.50. The summed E-state index contributed by atoms with van der Waals surface area (Å²) in [6, 6.07) is 12.4. The highest BCUT2D eigenvalue weighted by atomic mass is 35.5. The monoisotopic (exact) mass is 338 g/mol. The van der Waals surface area contributed by atoms with Crippen molar-refractivity contribution in [3.8, 4) is 0 Å². The van der Waals surface area contributed by atoms with Gasteiger partial charge in [-0.1, -0.05) is 43.7 Å². The van der Waals surface area contributed by atoms with Gasteiger partial charge in [-0.2, -0.15) is 0 Å². The predicted octanol–water partition coefficient (Wildman–Crippen LogP) is 6.02. The molecule has 0 amide bonds. The summed E-state index contributed by atoms with van der Waals surface area (Å²) in [5, 5.41) is 0.764. The molecule has 0 aliphatic rings. The molecule has 0 N–H and O–H groups in total. The number of fused-ring (bicyclic) bond motifs is 1. The lowest BCUT2D eigenvalue weighted by Gasteiger charge is -2.09. The lowest BCUT2D eigenvalue weighted by Crippen LogP contribution is -2.02. The molecule has 3 rings (SSSR count). The maximum atomic E-state index is 6.01. The van der Waals surface area contributed by atoms with Crippen LogP contribution in [0.3, 0.4) is 0 Å². The molecule has 1 heterocycles. The van der Waals surface area contributed by atoms with Crippen molar-refractivity contribution in [3.63, 3.8) is 0 Å². The van der Waals surface area contributed by atoms with E-state index in [9.17, 15) is 0 Å². The van der Waals surface area contributed by atoms with Crippen LogP contribution < -0.4 is 0 Å². The average Bonchev–Trinajstić information content (AvgIpc) is 2.85. The zero-order valence-electron chi connectivity index (χ0n) is 14.7. The molecule has 3 heteroatoms. The molecule has 124 valence electrons. The van der Waals surface area contributed by atoms with Crippen molar-refractivity contribution in [2.75, 3.05) is 0 Å². The molecule has 0 saturated carbocycles. The molecule has 0 saturated heterocycles. The summed E-state index contributed by atoms with van der Waals surface area (Å²) >= 11 is 6.01. The quantitative estimate of drug-likeness (QED) is 0.568. The number of hydrogen-bond acceptors (Lipinski definition) is 1. The minimum atomic E-state index is 0.497. The Morgan fingerprint density at radius 2 is 1.75 bits per heavy atom. The van der Waals surface area contributed by atoms with Gasteiger partial charge in [0.15, 0.2) is 0 Å². The standard InChI is InChI=1S/C21H23ClN2/c1-14(2)5-10-21-23-19-11-15(3)16(4)12-20(19)24(21)13-17-6-8-18(22)9-7-17/h5-12,14H,13H2,1-4H3. The molecular formula is C21H23ClN2. The number of halogens is 1. The van der Waals surface area contributed by atoms with E-state index in [0.717, 1.165) is 22.9 Å². The number of allylic oxidation sites excluding steroid dienone is 1. The minimum Gasteiger partial charge on any atom is -0.320 e. The summed E-state index contributed by atoms with van der Waals surface area (Å²) in [6.45, 7) is 9.43. The number of nitrogens with zero attached hydrogens (tertiary/aromatic N) is 2. The van der Waals surface area contributed by atoms with Gasteiger partial charge in [0.25, 0.3) is 0 Å². The van der Waals surface area contributed by atoms with Crippen LogP contribution in [-0.4, -0.2) is 9.55 Å². The van der Waals surface area contributed by atoms with E-state index in [1.54, 1.807) is 0 Å². The summed E-state index contributed by atoms with van der Waals surface area (Å²) in [5.41, 5.74) is 6.01. The van der Waals surface area contributed by atoms with Gasteiger partial charge >= 0.3 is 0 Å². The van der Waals surface area contributed by atoms with Crippen LogP contribution in [-0.2, 0) is 6.54 Å². The van der Waals surface area contributed by atoms with Gasteiger partial charge in [0, 0.05) is 11.6 Å². The molecular weight excluding hydrogens is 316 g/mol. The molecule has 1 aromatic heterocycles. The normalized spacial score (nSPS) is 11.9. The highest BCUT2D eigenvalue weighted by molar-refractivity contribution is 6.30. The van der Waals surface area contributed by atoms with E-state index >= 15 is 0 Å². The maximum absolute atomic E-state index is 6.01. The van der Waals surface area contributed by atoms with Crippen molar-refractivity contribution in [3.05, 3.63) is 70.0 Å². The predicted molar refractivity (Wildman–Crippen MR) is 104 cm³/mol. The van der Waals surface area contributed by atoms with Crippen molar-refractivity contribution in [1.82, 2.24) is 9.55 Å². The third kappa shape index (κ3) is 3.54.